The van der Waals surface area contributed by atoms with E-state index >= 15 is 0 Å². The van der Waals surface area contributed by atoms with E-state index in [2.05, 4.69) is 10.3 Å². The Morgan fingerprint density at radius 3 is 2.32 bits per heavy atom. The zero-order valence-electron chi connectivity index (χ0n) is 20.6. The summed E-state index contributed by atoms with van der Waals surface area (Å²) in [6.45, 7) is -0.490. The van der Waals surface area contributed by atoms with Crippen LogP contribution in [0.15, 0.2) is 41.4 Å². The van der Waals surface area contributed by atoms with Crippen LogP contribution in [-0.2, 0) is 21.4 Å². The maximum Gasteiger partial charge on any atom is 0.244 e. The van der Waals surface area contributed by atoms with Crippen LogP contribution in [0, 0.1) is 11.6 Å². The van der Waals surface area contributed by atoms with Crippen molar-refractivity contribution < 1.29 is 41.0 Å². The second-order valence-electron chi connectivity index (χ2n) is 9.26. The molecule has 1 aromatic carbocycles. The average molecular weight is 568 g/mol. The lowest BCUT2D eigenvalue weighted by Gasteiger charge is -2.27. The van der Waals surface area contributed by atoms with Crippen LogP contribution in [0.5, 0.6) is 0 Å². The first-order chi connectivity index (χ1) is 18.0. The molecule has 1 saturated carbocycles. The number of amides is 1. The van der Waals surface area contributed by atoms with Crippen molar-refractivity contribution in [3.63, 3.8) is 0 Å². The molecule has 0 bridgehead atoms. The predicted molar refractivity (Wildman–Crippen MR) is 130 cm³/mol. The molecular weight excluding hydrogens is 536 g/mol. The standard InChI is InChI=1S/C24H27F4N3O3S.CH2F2.H2/c1-14-21(27)11-23(31(14)35(33,34)19-8-6-17(26)7-9-19)24(32)30-12-18-10-20(22(28)13-29-18)15-2-4-16(25)5-3-15;2-1-3;/h6-10,13-16,21,23H,2-5,11-12H2,1H3,(H,30,32);1H2;1H/t14-,15?,16?,21+,23-;;/m0../s1. The van der Waals surface area contributed by atoms with Crippen molar-refractivity contribution in [2.45, 2.75) is 80.8 Å². The van der Waals surface area contributed by atoms with Crippen LogP contribution in [-0.4, -0.2) is 55.0 Å². The maximum absolute atomic E-state index is 14.6. The summed E-state index contributed by atoms with van der Waals surface area (Å²) in [5.41, 5.74) is 0.767. The van der Waals surface area contributed by atoms with E-state index in [1.807, 2.05) is 0 Å². The highest BCUT2D eigenvalue weighted by molar-refractivity contribution is 7.89. The Bertz CT molecular complexity index is 1200. The lowest BCUT2D eigenvalue weighted by molar-refractivity contribution is -0.124. The number of carbonyl (C=O) groups is 1. The summed E-state index contributed by atoms with van der Waals surface area (Å²) in [6, 6.07) is 3.22. The summed E-state index contributed by atoms with van der Waals surface area (Å²) in [5, 5.41) is 2.58. The van der Waals surface area contributed by atoms with Crippen LogP contribution < -0.4 is 5.32 Å². The molecule has 0 spiro atoms. The van der Waals surface area contributed by atoms with Crippen molar-refractivity contribution in [2.75, 3.05) is 6.93 Å². The van der Waals surface area contributed by atoms with Gasteiger partial charge in [0.25, 0.3) is 0 Å². The van der Waals surface area contributed by atoms with Crippen molar-refractivity contribution in [1.29, 1.82) is 0 Å². The molecule has 3 atom stereocenters. The molecule has 2 aliphatic rings. The van der Waals surface area contributed by atoms with Crippen molar-refractivity contribution in [3.8, 4) is 0 Å². The fourth-order valence-corrected chi connectivity index (χ4v) is 6.67. The molecule has 1 N–H and O–H groups in total. The lowest BCUT2D eigenvalue weighted by Crippen LogP contribution is -2.48. The van der Waals surface area contributed by atoms with Crippen LogP contribution in [0.2, 0.25) is 0 Å². The van der Waals surface area contributed by atoms with Gasteiger partial charge in [-0.2, -0.15) is 4.31 Å². The first-order valence-corrected chi connectivity index (χ1v) is 13.5. The molecule has 1 aliphatic heterocycles. The van der Waals surface area contributed by atoms with Gasteiger partial charge in [0, 0.05) is 7.85 Å². The molecule has 1 amide bonds. The first kappa shape index (κ1) is 29.9. The number of aromatic nitrogens is 1. The second kappa shape index (κ2) is 12.9. The Hall–Kier alpha value is -2.67. The number of halogens is 6. The zero-order valence-corrected chi connectivity index (χ0v) is 21.4. The molecule has 6 nitrogen and oxygen atoms in total. The number of hydrogen-bond acceptors (Lipinski definition) is 4. The van der Waals surface area contributed by atoms with Crippen molar-refractivity contribution in [1.82, 2.24) is 14.6 Å². The Morgan fingerprint density at radius 1 is 1.11 bits per heavy atom. The second-order valence-corrected chi connectivity index (χ2v) is 11.1. The Morgan fingerprint density at radius 2 is 1.71 bits per heavy atom. The smallest absolute Gasteiger partial charge is 0.244 e. The molecule has 1 aliphatic carbocycles. The third kappa shape index (κ3) is 6.85. The molecule has 4 rings (SSSR count). The summed E-state index contributed by atoms with van der Waals surface area (Å²) >= 11 is 0. The molecule has 2 heterocycles. The minimum atomic E-state index is -4.28. The molecule has 1 saturated heterocycles. The van der Waals surface area contributed by atoms with Gasteiger partial charge in [0.05, 0.1) is 29.4 Å². The topological polar surface area (TPSA) is 79.4 Å². The molecule has 13 heteroatoms. The van der Waals surface area contributed by atoms with Crippen LogP contribution in [0.4, 0.5) is 26.3 Å². The van der Waals surface area contributed by atoms with E-state index in [1.165, 1.54) is 13.0 Å². The zero-order chi connectivity index (χ0) is 28.0. The lowest BCUT2D eigenvalue weighted by atomic mass is 9.83. The van der Waals surface area contributed by atoms with Crippen molar-refractivity contribution >= 4 is 15.9 Å². The third-order valence-corrected chi connectivity index (χ3v) is 8.86. The average Bonchev–Trinajstić information content (AvgIpc) is 3.19. The monoisotopic (exact) mass is 567 g/mol. The van der Waals surface area contributed by atoms with Gasteiger partial charge >= 0.3 is 0 Å². The molecule has 38 heavy (non-hydrogen) atoms. The SMILES string of the molecule is C[C@H]1[C@H](F)C[C@@H](C(=O)NCc2cc(C3CCC(F)CC3)c(F)cn2)N1S(=O)(=O)c1ccc(F)cc1.FCF.[HH]. The minimum Gasteiger partial charge on any atom is -0.349 e. The number of sulfonamides is 1. The van der Waals surface area contributed by atoms with Gasteiger partial charge in [0.1, 0.15) is 30.0 Å². The summed E-state index contributed by atoms with van der Waals surface area (Å²) < 4.78 is 102. The molecule has 1 aromatic heterocycles. The van der Waals surface area contributed by atoms with Crippen molar-refractivity contribution in [2.24, 2.45) is 0 Å². The number of nitrogens with zero attached hydrogens (tertiary/aromatic N) is 2. The third-order valence-electron chi connectivity index (χ3n) is 6.85. The maximum atomic E-state index is 14.6. The predicted octanol–water partition coefficient (Wildman–Crippen LogP) is 5.29. The number of hydrogen-bond donors (Lipinski definition) is 1. The molecular formula is C25H31F6N3O3S. The Kier molecular flexibility index (Phi) is 10.2. The number of nitrogens with one attached hydrogen (secondary N) is 1. The Labute approximate surface area is 219 Å². The number of benzene rings is 1. The summed E-state index contributed by atoms with van der Waals surface area (Å²) in [7, 11) is -4.28. The van der Waals surface area contributed by atoms with E-state index in [1.54, 1.807) is 0 Å². The fraction of sp³-hybridized carbons (Fsp3) is 0.520. The van der Waals surface area contributed by atoms with Crippen LogP contribution in [0.1, 0.15) is 57.6 Å². The van der Waals surface area contributed by atoms with Gasteiger partial charge in [-0.05, 0) is 74.4 Å². The first-order valence-electron chi connectivity index (χ1n) is 12.1. The molecule has 0 radical (unpaired) electrons. The van der Waals surface area contributed by atoms with E-state index in [9.17, 15) is 39.6 Å². The molecule has 0 unspecified atom stereocenters. The summed E-state index contributed by atoms with van der Waals surface area (Å²) in [6.07, 6.45) is 0.0341. The quantitative estimate of drug-likeness (QED) is 0.482. The van der Waals surface area contributed by atoms with Crippen LogP contribution in [0.3, 0.4) is 0 Å². The van der Waals surface area contributed by atoms with Gasteiger partial charge in [0.15, 0.2) is 0 Å². The van der Waals surface area contributed by atoms with Gasteiger partial charge < -0.3 is 5.32 Å². The number of alkyl halides is 4. The van der Waals surface area contributed by atoms with Crippen LogP contribution in [0.25, 0.3) is 0 Å². The van der Waals surface area contributed by atoms with Gasteiger partial charge in [-0.15, -0.1) is 0 Å². The minimum absolute atomic E-state index is 0. The van der Waals surface area contributed by atoms with Gasteiger partial charge in [0.2, 0.25) is 22.9 Å². The molecule has 2 aromatic rings. The summed E-state index contributed by atoms with van der Waals surface area (Å²) in [4.78, 5) is 16.7. The van der Waals surface area contributed by atoms with E-state index in [4.69, 9.17) is 0 Å². The molecule has 2 fully saturated rings. The van der Waals surface area contributed by atoms with Gasteiger partial charge in [-0.25, -0.2) is 34.8 Å². The highest BCUT2D eigenvalue weighted by atomic mass is 32.2. The number of carbonyl (C=O) groups excluding carboxylic acids is 1. The van der Waals surface area contributed by atoms with E-state index in [-0.39, 0.29) is 25.2 Å². The van der Waals surface area contributed by atoms with Crippen molar-refractivity contribution in [3.05, 3.63) is 59.4 Å². The van der Waals surface area contributed by atoms with Gasteiger partial charge in [-0.1, -0.05) is 0 Å². The molecule has 212 valence electrons. The highest BCUT2D eigenvalue weighted by Crippen LogP contribution is 2.36. The Balaban J connectivity index is 0.00000127. The van der Waals surface area contributed by atoms with E-state index in [0.29, 0.717) is 36.9 Å². The van der Waals surface area contributed by atoms with E-state index < -0.39 is 58.9 Å². The number of rotatable bonds is 6. The summed E-state index contributed by atoms with van der Waals surface area (Å²) in [5.74, 6) is -1.98. The highest BCUT2D eigenvalue weighted by Gasteiger charge is 2.49. The largest absolute Gasteiger partial charge is 0.349 e. The van der Waals surface area contributed by atoms with Crippen LogP contribution >= 0.6 is 0 Å². The van der Waals surface area contributed by atoms with E-state index in [0.717, 1.165) is 34.8 Å². The fourth-order valence-electron chi connectivity index (χ4n) is 4.86. The normalized spacial score (nSPS) is 25.9. The number of pyridine rings is 1. The van der Waals surface area contributed by atoms with Gasteiger partial charge in [-0.3, -0.25) is 9.78 Å².